The number of hydrogen-bond acceptors (Lipinski definition) is 5. The Kier molecular flexibility index (Phi) is 5.93. The minimum atomic E-state index is -0.414. The molecule has 7 nitrogen and oxygen atoms in total. The number of amides is 2. The summed E-state index contributed by atoms with van der Waals surface area (Å²) in [6, 6.07) is 13.9. The van der Waals surface area contributed by atoms with E-state index in [-0.39, 0.29) is 11.8 Å². The lowest BCUT2D eigenvalue weighted by Crippen LogP contribution is -2.50. The quantitative estimate of drug-likeness (QED) is 0.651. The Hall–Kier alpha value is -3.35. The van der Waals surface area contributed by atoms with Gasteiger partial charge in [-0.1, -0.05) is 12.1 Å². The molecular weight excluding hydrogens is 358 g/mol. The summed E-state index contributed by atoms with van der Waals surface area (Å²) < 4.78 is 4.66. The number of nitrogens with zero attached hydrogens (tertiary/aromatic N) is 2. The summed E-state index contributed by atoms with van der Waals surface area (Å²) in [6.07, 6.45) is 0. The molecule has 2 aromatic carbocycles. The molecule has 1 aliphatic rings. The van der Waals surface area contributed by atoms with E-state index in [9.17, 15) is 14.4 Å². The van der Waals surface area contributed by atoms with E-state index in [1.165, 1.54) is 7.11 Å². The van der Waals surface area contributed by atoms with E-state index < -0.39 is 5.97 Å². The van der Waals surface area contributed by atoms with Gasteiger partial charge in [0.1, 0.15) is 0 Å². The first-order chi connectivity index (χ1) is 13.5. The lowest BCUT2D eigenvalue weighted by atomic mass is 10.1. The molecular formula is C21H23N3O4. The van der Waals surface area contributed by atoms with Crippen LogP contribution in [0.1, 0.15) is 27.6 Å². The minimum absolute atomic E-state index is 0.0399. The molecule has 0 unspecified atom stereocenters. The number of carbonyl (C=O) groups is 3. The highest BCUT2D eigenvalue weighted by atomic mass is 16.5. The van der Waals surface area contributed by atoms with Crippen LogP contribution in [0.5, 0.6) is 0 Å². The van der Waals surface area contributed by atoms with E-state index in [1.54, 1.807) is 42.2 Å². The maximum absolute atomic E-state index is 12.5. The monoisotopic (exact) mass is 381 g/mol. The van der Waals surface area contributed by atoms with Crippen molar-refractivity contribution in [3.63, 3.8) is 0 Å². The fourth-order valence-corrected chi connectivity index (χ4v) is 3.10. The number of anilines is 2. The smallest absolute Gasteiger partial charge is 0.337 e. The number of rotatable bonds is 4. The lowest BCUT2D eigenvalue weighted by molar-refractivity contribution is 0.0600. The van der Waals surface area contributed by atoms with Crippen molar-refractivity contribution in [2.24, 2.45) is 0 Å². The van der Waals surface area contributed by atoms with Gasteiger partial charge in [-0.05, 0) is 43.3 Å². The number of hydrogen-bond donors (Lipinski definition) is 1. The average Bonchev–Trinajstić information content (AvgIpc) is 2.74. The number of ether oxygens (including phenoxy) is 1. The summed E-state index contributed by atoms with van der Waals surface area (Å²) in [5.74, 6) is -0.374. The molecule has 0 radical (unpaired) electrons. The van der Waals surface area contributed by atoms with Gasteiger partial charge in [-0.15, -0.1) is 0 Å². The number of esters is 1. The Morgan fingerprint density at radius 1 is 0.929 bits per heavy atom. The van der Waals surface area contributed by atoms with Crippen LogP contribution in [0.25, 0.3) is 0 Å². The highest BCUT2D eigenvalue weighted by Crippen LogP contribution is 2.19. The maximum Gasteiger partial charge on any atom is 0.337 e. The van der Waals surface area contributed by atoms with E-state index in [2.05, 4.69) is 15.0 Å². The molecule has 1 fully saturated rings. The van der Waals surface area contributed by atoms with Gasteiger partial charge >= 0.3 is 12.0 Å². The predicted molar refractivity (Wildman–Crippen MR) is 107 cm³/mol. The first-order valence-electron chi connectivity index (χ1n) is 9.08. The van der Waals surface area contributed by atoms with Gasteiger partial charge in [0.25, 0.3) is 0 Å². The van der Waals surface area contributed by atoms with Gasteiger partial charge in [0.05, 0.1) is 12.7 Å². The SMILES string of the molecule is COC(=O)c1ccc(NC(=O)N2CCN(c3cccc(C(C)=O)c3)CC2)cc1. The van der Waals surface area contributed by atoms with Crippen LogP contribution in [0.2, 0.25) is 0 Å². The third-order valence-corrected chi connectivity index (χ3v) is 4.74. The molecule has 1 N–H and O–H groups in total. The summed E-state index contributed by atoms with van der Waals surface area (Å²) in [6.45, 7) is 4.10. The van der Waals surface area contributed by atoms with E-state index in [4.69, 9.17) is 0 Å². The van der Waals surface area contributed by atoms with Gasteiger partial charge in [0, 0.05) is 43.1 Å². The van der Waals surface area contributed by atoms with Crippen molar-refractivity contribution in [3.05, 3.63) is 59.7 Å². The molecule has 1 heterocycles. The average molecular weight is 381 g/mol. The second kappa shape index (κ2) is 8.56. The number of nitrogens with one attached hydrogen (secondary N) is 1. The van der Waals surface area contributed by atoms with E-state index in [0.717, 1.165) is 5.69 Å². The highest BCUT2D eigenvalue weighted by Gasteiger charge is 2.21. The van der Waals surface area contributed by atoms with Crippen LogP contribution >= 0.6 is 0 Å². The number of methoxy groups -OCH3 is 1. The van der Waals surface area contributed by atoms with Crippen molar-refractivity contribution in [1.29, 1.82) is 0 Å². The second-order valence-electron chi connectivity index (χ2n) is 6.58. The van der Waals surface area contributed by atoms with Gasteiger partial charge in [0.2, 0.25) is 0 Å². The van der Waals surface area contributed by atoms with E-state index in [0.29, 0.717) is 43.0 Å². The van der Waals surface area contributed by atoms with Crippen LogP contribution in [-0.2, 0) is 4.74 Å². The third kappa shape index (κ3) is 4.49. The van der Waals surface area contributed by atoms with Crippen LogP contribution in [0, 0.1) is 0 Å². The van der Waals surface area contributed by atoms with Crippen molar-refractivity contribution in [2.45, 2.75) is 6.92 Å². The Balaban J connectivity index is 1.56. The Morgan fingerprint density at radius 2 is 1.61 bits per heavy atom. The molecule has 146 valence electrons. The molecule has 3 rings (SSSR count). The highest BCUT2D eigenvalue weighted by molar-refractivity contribution is 5.95. The summed E-state index contributed by atoms with van der Waals surface area (Å²) in [5, 5.41) is 2.85. The molecule has 0 saturated carbocycles. The first-order valence-corrected chi connectivity index (χ1v) is 9.08. The fourth-order valence-electron chi connectivity index (χ4n) is 3.10. The molecule has 28 heavy (non-hydrogen) atoms. The van der Waals surface area contributed by atoms with Gasteiger partial charge in [0.15, 0.2) is 5.78 Å². The summed E-state index contributed by atoms with van der Waals surface area (Å²) in [5.41, 5.74) is 2.73. The van der Waals surface area contributed by atoms with Crippen LogP contribution in [0.15, 0.2) is 48.5 Å². The van der Waals surface area contributed by atoms with Gasteiger partial charge in [-0.2, -0.15) is 0 Å². The van der Waals surface area contributed by atoms with Gasteiger partial charge < -0.3 is 19.9 Å². The molecule has 1 aliphatic heterocycles. The number of piperazine rings is 1. The molecule has 0 bridgehead atoms. The van der Waals surface area contributed by atoms with E-state index in [1.807, 2.05) is 18.2 Å². The molecule has 0 aromatic heterocycles. The zero-order valence-corrected chi connectivity index (χ0v) is 16.0. The Labute approximate surface area is 163 Å². The van der Waals surface area contributed by atoms with Crippen molar-refractivity contribution in [1.82, 2.24) is 4.90 Å². The zero-order chi connectivity index (χ0) is 20.1. The van der Waals surface area contributed by atoms with Crippen LogP contribution in [0.3, 0.4) is 0 Å². The van der Waals surface area contributed by atoms with Crippen molar-refractivity contribution >= 4 is 29.2 Å². The van der Waals surface area contributed by atoms with Crippen molar-refractivity contribution in [3.8, 4) is 0 Å². The number of benzene rings is 2. The topological polar surface area (TPSA) is 79.0 Å². The maximum atomic E-state index is 12.5. The van der Waals surface area contributed by atoms with Crippen LogP contribution in [-0.4, -0.2) is 56.0 Å². The van der Waals surface area contributed by atoms with Crippen LogP contribution in [0.4, 0.5) is 16.2 Å². The predicted octanol–water partition coefficient (Wildman–Crippen LogP) is 3.03. The molecule has 7 heteroatoms. The van der Waals surface area contributed by atoms with Crippen molar-refractivity contribution < 1.29 is 19.1 Å². The number of Topliss-reactive ketones (excluding diaryl/α,β-unsaturated/α-hetero) is 1. The zero-order valence-electron chi connectivity index (χ0n) is 16.0. The molecule has 0 aliphatic carbocycles. The van der Waals surface area contributed by atoms with E-state index >= 15 is 0 Å². The van der Waals surface area contributed by atoms with Crippen molar-refractivity contribution in [2.75, 3.05) is 43.5 Å². The number of urea groups is 1. The van der Waals surface area contributed by atoms with Gasteiger partial charge in [-0.25, -0.2) is 9.59 Å². The number of ketones is 1. The summed E-state index contributed by atoms with van der Waals surface area (Å²) >= 11 is 0. The standard InChI is InChI=1S/C21H23N3O4/c1-15(25)17-4-3-5-19(14-17)23-10-12-24(13-11-23)21(27)22-18-8-6-16(7-9-18)20(26)28-2/h3-9,14H,10-13H2,1-2H3,(H,22,27). The first kappa shape index (κ1) is 19.4. The molecule has 0 spiro atoms. The Bertz CT molecular complexity index is 871. The molecule has 1 saturated heterocycles. The fraction of sp³-hybridized carbons (Fsp3) is 0.286. The molecule has 2 amide bonds. The molecule has 2 aromatic rings. The van der Waals surface area contributed by atoms with Gasteiger partial charge in [-0.3, -0.25) is 4.79 Å². The third-order valence-electron chi connectivity index (χ3n) is 4.74. The minimum Gasteiger partial charge on any atom is -0.465 e. The number of carbonyl (C=O) groups excluding carboxylic acids is 3. The summed E-state index contributed by atoms with van der Waals surface area (Å²) in [4.78, 5) is 39.4. The second-order valence-corrected chi connectivity index (χ2v) is 6.58. The summed E-state index contributed by atoms with van der Waals surface area (Å²) in [7, 11) is 1.33. The molecule has 0 atom stereocenters. The largest absolute Gasteiger partial charge is 0.465 e. The normalized spacial score (nSPS) is 13.8. The van der Waals surface area contributed by atoms with Crippen LogP contribution < -0.4 is 10.2 Å². The Morgan fingerprint density at radius 3 is 2.21 bits per heavy atom. The lowest BCUT2D eigenvalue weighted by Gasteiger charge is -2.36.